The van der Waals surface area contributed by atoms with Gasteiger partial charge in [0.2, 0.25) is 11.9 Å². The van der Waals surface area contributed by atoms with E-state index in [1.54, 1.807) is 54.6 Å². The van der Waals surface area contributed by atoms with Gasteiger partial charge in [-0.05, 0) is 36.1 Å². The summed E-state index contributed by atoms with van der Waals surface area (Å²) in [6.45, 7) is 1.26. The minimum absolute atomic E-state index is 0.00205. The monoisotopic (exact) mass is 600 g/mol. The summed E-state index contributed by atoms with van der Waals surface area (Å²) >= 11 is 0. The van der Waals surface area contributed by atoms with Crippen LogP contribution in [0.2, 0.25) is 0 Å². The number of alkyl carbamates (subject to hydrolysis) is 2. The molecule has 228 valence electrons. The molecule has 0 bridgehead atoms. The van der Waals surface area contributed by atoms with Gasteiger partial charge >= 0.3 is 18.2 Å². The summed E-state index contributed by atoms with van der Waals surface area (Å²) in [6.07, 6.45) is -2.23. The highest BCUT2D eigenvalue weighted by Gasteiger charge is 2.52. The molecule has 12 nitrogen and oxygen atoms in total. The predicted molar refractivity (Wildman–Crippen MR) is 158 cm³/mol. The Hall–Kier alpha value is -5.52. The molecule has 0 aromatic heterocycles. The Morgan fingerprint density at radius 2 is 1.27 bits per heavy atom. The Morgan fingerprint density at radius 1 is 0.773 bits per heavy atom. The number of aliphatic imine (C=N–C) groups is 1. The van der Waals surface area contributed by atoms with Crippen molar-refractivity contribution in [3.63, 3.8) is 0 Å². The highest BCUT2D eigenvalue weighted by molar-refractivity contribution is 6.09. The number of hydrogen-bond donors (Lipinski definition) is 2. The lowest BCUT2D eigenvalue weighted by atomic mass is 9.89. The summed E-state index contributed by atoms with van der Waals surface area (Å²) in [5.41, 5.74) is 1.83. The maximum Gasteiger partial charge on any atom is 0.414 e. The summed E-state index contributed by atoms with van der Waals surface area (Å²) in [5, 5.41) is 4.81. The van der Waals surface area contributed by atoms with Gasteiger partial charge < -0.3 is 14.2 Å². The number of imide groups is 1. The zero-order valence-electron chi connectivity index (χ0n) is 24.0. The molecule has 2 N–H and O–H groups in total. The van der Waals surface area contributed by atoms with Crippen molar-refractivity contribution in [3.05, 3.63) is 108 Å². The molecule has 12 heteroatoms. The van der Waals surface area contributed by atoms with Gasteiger partial charge in [-0.15, -0.1) is 0 Å². The van der Waals surface area contributed by atoms with Crippen LogP contribution in [-0.2, 0) is 37.0 Å². The summed E-state index contributed by atoms with van der Waals surface area (Å²) < 4.78 is 15.7. The van der Waals surface area contributed by atoms with Crippen molar-refractivity contribution in [2.75, 3.05) is 6.54 Å². The number of esters is 1. The van der Waals surface area contributed by atoms with E-state index in [2.05, 4.69) is 15.6 Å². The number of ether oxygens (including phenoxy) is 3. The first-order chi connectivity index (χ1) is 21.3. The van der Waals surface area contributed by atoms with Gasteiger partial charge in [0.1, 0.15) is 13.2 Å². The lowest BCUT2D eigenvalue weighted by Crippen LogP contribution is -2.64. The second kappa shape index (κ2) is 15.6. The van der Waals surface area contributed by atoms with E-state index in [-0.39, 0.29) is 32.1 Å². The number of nitrogens with zero attached hydrogens (tertiary/aromatic N) is 2. The van der Waals surface area contributed by atoms with Crippen LogP contribution in [0.15, 0.2) is 96.0 Å². The average Bonchev–Trinajstić information content (AvgIpc) is 3.03. The molecule has 0 aliphatic carbocycles. The van der Waals surface area contributed by atoms with Crippen LogP contribution in [0, 0.1) is 5.92 Å². The highest BCUT2D eigenvalue weighted by atomic mass is 16.6. The Labute approximate surface area is 254 Å². The zero-order chi connectivity index (χ0) is 31.3. The van der Waals surface area contributed by atoms with Gasteiger partial charge in [-0.2, -0.15) is 0 Å². The maximum atomic E-state index is 12.9. The molecule has 1 fully saturated rings. The van der Waals surface area contributed by atoms with Crippen molar-refractivity contribution in [2.24, 2.45) is 10.9 Å². The third kappa shape index (κ3) is 8.99. The van der Waals surface area contributed by atoms with Crippen LogP contribution >= 0.6 is 0 Å². The third-order valence-corrected chi connectivity index (χ3v) is 6.49. The standard InChI is InChI=1S/C32H32N4O8/c1-22(37)44-29-26(28(39)36(29)27(38)25-16-9-4-10-17-25)18-11-19-33-30(34-31(40)42-20-23-12-5-2-6-13-23)35-32(41)43-21-24-14-7-3-8-15-24/h2-10,12-17,26,29H,11,18-21H2,1H3,(H2,33,34,35,40,41). The van der Waals surface area contributed by atoms with Gasteiger partial charge in [-0.1, -0.05) is 78.9 Å². The molecule has 3 aromatic carbocycles. The number of amides is 4. The largest absolute Gasteiger partial charge is 0.444 e. The Balaban J connectivity index is 1.35. The fourth-order valence-electron chi connectivity index (χ4n) is 4.35. The lowest BCUT2D eigenvalue weighted by Gasteiger charge is -2.44. The number of nitrogens with one attached hydrogen (secondary N) is 2. The molecular weight excluding hydrogens is 568 g/mol. The number of hydrogen-bond acceptors (Lipinski definition) is 9. The van der Waals surface area contributed by atoms with Crippen molar-refractivity contribution in [2.45, 2.75) is 39.2 Å². The lowest BCUT2D eigenvalue weighted by molar-refractivity contribution is -0.189. The molecule has 0 spiro atoms. The normalized spacial score (nSPS) is 15.3. The van der Waals surface area contributed by atoms with Gasteiger partial charge in [0.15, 0.2) is 6.23 Å². The minimum atomic E-state index is -1.05. The molecule has 2 atom stereocenters. The molecule has 44 heavy (non-hydrogen) atoms. The van der Waals surface area contributed by atoms with Crippen LogP contribution in [0.5, 0.6) is 0 Å². The van der Waals surface area contributed by atoms with Crippen molar-refractivity contribution < 1.29 is 38.2 Å². The second-order valence-corrected chi connectivity index (χ2v) is 9.73. The summed E-state index contributed by atoms with van der Waals surface area (Å²) in [7, 11) is 0. The molecule has 1 aliphatic heterocycles. The summed E-state index contributed by atoms with van der Waals surface area (Å²) in [6, 6.07) is 26.3. The van der Waals surface area contributed by atoms with E-state index in [0.717, 1.165) is 16.0 Å². The molecule has 1 saturated heterocycles. The Bertz CT molecular complexity index is 1420. The van der Waals surface area contributed by atoms with E-state index in [9.17, 15) is 24.0 Å². The van der Waals surface area contributed by atoms with E-state index in [1.807, 2.05) is 36.4 Å². The number of rotatable bonds is 10. The zero-order valence-corrected chi connectivity index (χ0v) is 24.0. The predicted octanol–water partition coefficient (Wildman–Crippen LogP) is 4.16. The number of likely N-dealkylation sites (tertiary alicyclic amines) is 1. The van der Waals surface area contributed by atoms with Crippen LogP contribution in [0.3, 0.4) is 0 Å². The smallest absolute Gasteiger partial charge is 0.414 e. The molecule has 0 radical (unpaired) electrons. The van der Waals surface area contributed by atoms with Gasteiger partial charge in [0.25, 0.3) is 5.91 Å². The first-order valence-electron chi connectivity index (χ1n) is 13.9. The van der Waals surface area contributed by atoms with Crippen LogP contribution < -0.4 is 10.6 Å². The van der Waals surface area contributed by atoms with E-state index in [0.29, 0.717) is 12.0 Å². The van der Waals surface area contributed by atoms with Gasteiger partial charge in [0.05, 0.1) is 5.92 Å². The molecule has 3 aromatic rings. The average molecular weight is 601 g/mol. The number of benzene rings is 3. The van der Waals surface area contributed by atoms with Gasteiger partial charge in [0, 0.05) is 19.0 Å². The van der Waals surface area contributed by atoms with Crippen molar-refractivity contribution in [1.29, 1.82) is 0 Å². The van der Waals surface area contributed by atoms with Crippen molar-refractivity contribution >= 4 is 35.9 Å². The number of carbonyl (C=O) groups is 5. The van der Waals surface area contributed by atoms with Crippen LogP contribution in [0.1, 0.15) is 41.3 Å². The van der Waals surface area contributed by atoms with E-state index in [1.165, 1.54) is 6.92 Å². The molecular formula is C32H32N4O8. The first-order valence-corrected chi connectivity index (χ1v) is 13.9. The summed E-state index contributed by atoms with van der Waals surface area (Å²) in [5.74, 6) is -2.62. The van der Waals surface area contributed by atoms with Crippen LogP contribution in [0.25, 0.3) is 0 Å². The molecule has 4 rings (SSSR count). The quantitative estimate of drug-likeness (QED) is 0.0669. The van der Waals surface area contributed by atoms with Crippen molar-refractivity contribution in [3.8, 4) is 0 Å². The van der Waals surface area contributed by atoms with Crippen molar-refractivity contribution in [1.82, 2.24) is 15.5 Å². The molecule has 4 amide bonds. The molecule has 1 aliphatic rings. The van der Waals surface area contributed by atoms with E-state index >= 15 is 0 Å². The number of β-lactam (4-membered cyclic amide) rings is 1. The first kappa shape index (κ1) is 31.4. The Morgan fingerprint density at radius 3 is 1.77 bits per heavy atom. The Kier molecular flexibility index (Phi) is 11.2. The molecule has 2 unspecified atom stereocenters. The van der Waals surface area contributed by atoms with Crippen LogP contribution in [-0.4, -0.2) is 53.6 Å². The van der Waals surface area contributed by atoms with E-state index in [4.69, 9.17) is 14.2 Å². The third-order valence-electron chi connectivity index (χ3n) is 6.49. The maximum absolute atomic E-state index is 12.9. The summed E-state index contributed by atoms with van der Waals surface area (Å²) in [4.78, 5) is 67.6. The number of carbonyl (C=O) groups excluding carboxylic acids is 5. The second-order valence-electron chi connectivity index (χ2n) is 9.73. The molecule has 0 saturated carbocycles. The van der Waals surface area contributed by atoms with Gasteiger partial charge in [-0.3, -0.25) is 30.0 Å². The number of guanidine groups is 1. The molecule has 1 heterocycles. The minimum Gasteiger partial charge on any atom is -0.444 e. The highest BCUT2D eigenvalue weighted by Crippen LogP contribution is 2.33. The SMILES string of the molecule is CC(=O)OC1C(CCCN=C(NC(=O)OCc2ccccc2)NC(=O)OCc2ccccc2)C(=O)N1C(=O)c1ccccc1. The fraction of sp³-hybridized carbons (Fsp3) is 0.250. The van der Waals surface area contributed by atoms with Crippen LogP contribution in [0.4, 0.5) is 9.59 Å². The van der Waals surface area contributed by atoms with Gasteiger partial charge in [-0.25, -0.2) is 14.5 Å². The topological polar surface area (TPSA) is 153 Å². The van der Waals surface area contributed by atoms with E-state index < -0.39 is 42.1 Å². The fourth-order valence-corrected chi connectivity index (χ4v) is 4.35.